The average molecular weight is 387 g/mol. The van der Waals surface area contributed by atoms with Crippen molar-refractivity contribution in [2.24, 2.45) is 0 Å². The highest BCUT2D eigenvalue weighted by Crippen LogP contribution is 2.29. The third kappa shape index (κ3) is 6.07. The number of halogens is 4. The number of rotatable bonds is 6. The van der Waals surface area contributed by atoms with Crippen molar-refractivity contribution in [1.29, 1.82) is 0 Å². The van der Waals surface area contributed by atoms with E-state index in [1.54, 1.807) is 6.07 Å². The molecule has 4 nitrogen and oxygen atoms in total. The van der Waals surface area contributed by atoms with Crippen molar-refractivity contribution in [3.8, 4) is 0 Å². The highest BCUT2D eigenvalue weighted by molar-refractivity contribution is 8.00. The van der Waals surface area contributed by atoms with E-state index in [0.717, 1.165) is 36.0 Å². The number of carbonyl (C=O) groups is 2. The minimum atomic E-state index is -4.46. The predicted molar refractivity (Wildman–Crippen MR) is 88.2 cm³/mol. The number of thioether (sulfide) groups is 1. The number of anilines is 1. The number of amides is 1. The summed E-state index contributed by atoms with van der Waals surface area (Å²) in [5.74, 6) is -2.07. The van der Waals surface area contributed by atoms with E-state index in [2.05, 4.69) is 5.32 Å². The molecule has 0 saturated carbocycles. The second-order valence-corrected chi connectivity index (χ2v) is 6.02. The van der Waals surface area contributed by atoms with Crippen molar-refractivity contribution in [2.45, 2.75) is 11.1 Å². The monoisotopic (exact) mass is 387 g/mol. The van der Waals surface area contributed by atoms with Crippen molar-refractivity contribution in [3.05, 3.63) is 59.9 Å². The van der Waals surface area contributed by atoms with Crippen LogP contribution in [0.2, 0.25) is 0 Å². The number of esters is 1. The third-order valence-corrected chi connectivity index (χ3v) is 4.06. The molecule has 0 atom stereocenters. The largest absolute Gasteiger partial charge is 0.455 e. The van der Waals surface area contributed by atoms with Crippen LogP contribution in [0.5, 0.6) is 0 Å². The molecule has 0 spiro atoms. The molecule has 2 rings (SSSR count). The Morgan fingerprint density at radius 3 is 2.31 bits per heavy atom. The summed E-state index contributed by atoms with van der Waals surface area (Å²) in [5, 5.41) is 2.31. The molecule has 2 aromatic carbocycles. The number of benzene rings is 2. The lowest BCUT2D eigenvalue weighted by Crippen LogP contribution is -2.21. The lowest BCUT2D eigenvalue weighted by molar-refractivity contribution is -0.144. The Bertz CT molecular complexity index is 778. The molecule has 0 radical (unpaired) electrons. The number of ether oxygens (including phenoxy) is 1. The van der Waals surface area contributed by atoms with E-state index in [1.165, 1.54) is 18.2 Å². The normalized spacial score (nSPS) is 11.1. The molecule has 0 aromatic heterocycles. The van der Waals surface area contributed by atoms with Crippen molar-refractivity contribution < 1.29 is 31.9 Å². The molecule has 9 heteroatoms. The van der Waals surface area contributed by atoms with E-state index in [-0.39, 0.29) is 16.3 Å². The highest BCUT2D eigenvalue weighted by Gasteiger charge is 2.29. The molecule has 0 unspecified atom stereocenters. The van der Waals surface area contributed by atoms with Crippen LogP contribution >= 0.6 is 11.8 Å². The molecule has 0 bridgehead atoms. The zero-order valence-corrected chi connectivity index (χ0v) is 14.0. The smallest absolute Gasteiger partial charge is 0.416 e. The fraction of sp³-hybridized carbons (Fsp3) is 0.176. The van der Waals surface area contributed by atoms with Crippen LogP contribution in [0.4, 0.5) is 23.2 Å². The van der Waals surface area contributed by atoms with Gasteiger partial charge in [0.05, 0.1) is 11.3 Å². The van der Waals surface area contributed by atoms with Gasteiger partial charge in [-0.05, 0) is 36.4 Å². The quantitative estimate of drug-likeness (QED) is 0.460. The Kier molecular flexibility index (Phi) is 6.62. The number of alkyl halides is 3. The number of nitrogens with one attached hydrogen (secondary N) is 1. The van der Waals surface area contributed by atoms with Gasteiger partial charge in [-0.15, -0.1) is 11.8 Å². The van der Waals surface area contributed by atoms with Gasteiger partial charge in [-0.1, -0.05) is 12.1 Å². The predicted octanol–water partition coefficient (Wildman–Crippen LogP) is 4.12. The molecular formula is C17H13F4NO3S. The Morgan fingerprint density at radius 1 is 1.04 bits per heavy atom. The molecular weight excluding hydrogens is 374 g/mol. The number of carbonyl (C=O) groups excluding carboxylic acids is 2. The van der Waals surface area contributed by atoms with Gasteiger partial charge in [0.2, 0.25) is 0 Å². The summed E-state index contributed by atoms with van der Waals surface area (Å²) in [6.07, 6.45) is -4.46. The van der Waals surface area contributed by atoms with Gasteiger partial charge in [-0.25, -0.2) is 4.39 Å². The van der Waals surface area contributed by atoms with Gasteiger partial charge in [0, 0.05) is 10.6 Å². The molecule has 0 heterocycles. The molecule has 0 aliphatic carbocycles. The van der Waals surface area contributed by atoms with Crippen LogP contribution in [-0.4, -0.2) is 24.2 Å². The van der Waals surface area contributed by atoms with Crippen molar-refractivity contribution >= 4 is 29.3 Å². The van der Waals surface area contributed by atoms with E-state index in [4.69, 9.17) is 4.74 Å². The highest BCUT2D eigenvalue weighted by atomic mass is 32.2. The lowest BCUT2D eigenvalue weighted by Gasteiger charge is -2.09. The maximum Gasteiger partial charge on any atom is 0.416 e. The van der Waals surface area contributed by atoms with Crippen molar-refractivity contribution in [1.82, 2.24) is 0 Å². The molecule has 1 N–H and O–H groups in total. The Hall–Kier alpha value is -2.55. The molecule has 2 aromatic rings. The maximum absolute atomic E-state index is 13.4. The van der Waals surface area contributed by atoms with E-state index in [1.807, 2.05) is 0 Å². The minimum absolute atomic E-state index is 0.139. The summed E-state index contributed by atoms with van der Waals surface area (Å²) in [5.41, 5.74) is -0.702. The first-order valence-corrected chi connectivity index (χ1v) is 8.24. The molecule has 0 fully saturated rings. The first-order chi connectivity index (χ1) is 12.3. The van der Waals surface area contributed by atoms with E-state index in [9.17, 15) is 27.2 Å². The fourth-order valence-corrected chi connectivity index (χ4v) is 2.56. The second-order valence-electron chi connectivity index (χ2n) is 5.00. The zero-order valence-electron chi connectivity index (χ0n) is 13.2. The summed E-state index contributed by atoms with van der Waals surface area (Å²) < 4.78 is 55.5. The first-order valence-electron chi connectivity index (χ1n) is 7.26. The van der Waals surface area contributed by atoms with Crippen molar-refractivity contribution in [2.75, 3.05) is 17.7 Å². The Balaban J connectivity index is 1.76. The van der Waals surface area contributed by atoms with Crippen LogP contribution in [0.15, 0.2) is 53.4 Å². The SMILES string of the molecule is O=C(COC(=O)CSc1ccccc1F)Nc1ccc(C(F)(F)F)cc1. The van der Waals surface area contributed by atoms with E-state index < -0.39 is 36.0 Å². The van der Waals surface area contributed by atoms with E-state index in [0.29, 0.717) is 0 Å². The van der Waals surface area contributed by atoms with Gasteiger partial charge in [-0.2, -0.15) is 13.2 Å². The summed E-state index contributed by atoms with van der Waals surface area (Å²) in [4.78, 5) is 23.5. The van der Waals surface area contributed by atoms with Gasteiger partial charge >= 0.3 is 12.1 Å². The number of hydrogen-bond donors (Lipinski definition) is 1. The Labute approximate surface area is 150 Å². The molecule has 0 saturated heterocycles. The number of hydrogen-bond acceptors (Lipinski definition) is 4. The van der Waals surface area contributed by atoms with Crippen LogP contribution in [0.3, 0.4) is 0 Å². The average Bonchev–Trinajstić information content (AvgIpc) is 2.59. The van der Waals surface area contributed by atoms with Crippen molar-refractivity contribution in [3.63, 3.8) is 0 Å². The standard InChI is InChI=1S/C17H13F4NO3S/c18-13-3-1-2-4-14(13)26-10-16(24)25-9-15(23)22-12-7-5-11(6-8-12)17(19,20)21/h1-8H,9-10H2,(H,22,23). The lowest BCUT2D eigenvalue weighted by atomic mass is 10.2. The van der Waals surface area contributed by atoms with E-state index >= 15 is 0 Å². The van der Waals surface area contributed by atoms with Crippen LogP contribution in [0, 0.1) is 5.82 Å². The van der Waals surface area contributed by atoms with Crippen LogP contribution in [0.25, 0.3) is 0 Å². The molecule has 138 valence electrons. The minimum Gasteiger partial charge on any atom is -0.455 e. The van der Waals surface area contributed by atoms with Crippen LogP contribution < -0.4 is 5.32 Å². The molecule has 0 aliphatic heterocycles. The first kappa shape index (κ1) is 19.8. The second kappa shape index (κ2) is 8.70. The van der Waals surface area contributed by atoms with Gasteiger partial charge in [0.15, 0.2) is 6.61 Å². The third-order valence-electron chi connectivity index (χ3n) is 3.04. The fourth-order valence-electron chi connectivity index (χ4n) is 1.83. The summed E-state index contributed by atoms with van der Waals surface area (Å²) in [6.45, 7) is -0.600. The zero-order chi connectivity index (χ0) is 19.2. The summed E-state index contributed by atoms with van der Waals surface area (Å²) >= 11 is 0.927. The van der Waals surface area contributed by atoms with Gasteiger partial charge in [-0.3, -0.25) is 9.59 Å². The molecule has 0 aliphatic rings. The maximum atomic E-state index is 13.4. The van der Waals surface area contributed by atoms with Crippen LogP contribution in [-0.2, 0) is 20.5 Å². The Morgan fingerprint density at radius 2 is 1.69 bits per heavy atom. The molecule has 1 amide bonds. The van der Waals surface area contributed by atoms with Gasteiger partial charge < -0.3 is 10.1 Å². The van der Waals surface area contributed by atoms with Gasteiger partial charge in [0.1, 0.15) is 5.82 Å². The molecule has 26 heavy (non-hydrogen) atoms. The van der Waals surface area contributed by atoms with Gasteiger partial charge in [0.25, 0.3) is 5.91 Å². The summed E-state index contributed by atoms with van der Waals surface area (Å²) in [6, 6.07) is 9.74. The summed E-state index contributed by atoms with van der Waals surface area (Å²) in [7, 11) is 0. The topological polar surface area (TPSA) is 55.4 Å². The van der Waals surface area contributed by atoms with Crippen LogP contribution in [0.1, 0.15) is 5.56 Å².